The Morgan fingerprint density at radius 1 is 1.00 bits per heavy atom. The van der Waals surface area contributed by atoms with Crippen molar-refractivity contribution in [3.8, 4) is 0 Å². The number of hydrogen-bond acceptors (Lipinski definition) is 4. The molecule has 1 amide bonds. The van der Waals surface area contributed by atoms with Gasteiger partial charge in [-0.05, 0) is 31.2 Å². The number of ether oxygens (including phenoxy) is 1. The molecule has 0 spiro atoms. The first-order valence-corrected chi connectivity index (χ1v) is 8.08. The van der Waals surface area contributed by atoms with Crippen molar-refractivity contribution in [1.82, 2.24) is 5.32 Å². The Morgan fingerprint density at radius 3 is 2.25 bits per heavy atom. The van der Waals surface area contributed by atoms with Gasteiger partial charge in [0, 0.05) is 15.6 Å². The fourth-order valence-corrected chi connectivity index (χ4v) is 2.17. The van der Waals surface area contributed by atoms with Gasteiger partial charge in [-0.3, -0.25) is 9.59 Å². The maximum absolute atomic E-state index is 12.0. The molecule has 2 rings (SSSR count). The summed E-state index contributed by atoms with van der Waals surface area (Å²) in [6.07, 6.45) is 0. The number of rotatable bonds is 6. The van der Waals surface area contributed by atoms with Crippen molar-refractivity contribution in [3.63, 3.8) is 0 Å². The van der Waals surface area contributed by atoms with E-state index in [-0.39, 0.29) is 18.3 Å². The second-order valence-corrected chi connectivity index (χ2v) is 6.01. The van der Waals surface area contributed by atoms with Crippen LogP contribution in [0.25, 0.3) is 0 Å². The summed E-state index contributed by atoms with van der Waals surface area (Å²) in [5.41, 5.74) is 0.898. The van der Waals surface area contributed by atoms with E-state index >= 15 is 0 Å². The van der Waals surface area contributed by atoms with Crippen LogP contribution in [-0.2, 0) is 9.53 Å². The quantitative estimate of drug-likeness (QED) is 0.608. The molecule has 24 heavy (non-hydrogen) atoms. The molecule has 0 fully saturated rings. The molecule has 2 aromatic carbocycles. The van der Waals surface area contributed by atoms with Gasteiger partial charge in [0.15, 0.2) is 12.4 Å². The molecule has 0 aliphatic rings. The molecule has 2 aromatic rings. The molecule has 6 heteroatoms. The first-order chi connectivity index (χ1) is 11.5. The van der Waals surface area contributed by atoms with E-state index in [0.717, 1.165) is 4.47 Å². The highest BCUT2D eigenvalue weighted by molar-refractivity contribution is 9.10. The van der Waals surface area contributed by atoms with E-state index in [2.05, 4.69) is 21.2 Å². The molecule has 1 N–H and O–H groups in total. The van der Waals surface area contributed by atoms with E-state index in [1.807, 2.05) is 0 Å². The van der Waals surface area contributed by atoms with Crippen molar-refractivity contribution in [3.05, 3.63) is 70.2 Å². The van der Waals surface area contributed by atoms with Crippen molar-refractivity contribution >= 4 is 33.6 Å². The minimum Gasteiger partial charge on any atom is -0.456 e. The Morgan fingerprint density at radius 2 is 1.62 bits per heavy atom. The second-order valence-electron chi connectivity index (χ2n) is 5.10. The summed E-state index contributed by atoms with van der Waals surface area (Å²) in [5.74, 6) is -1.35. The van der Waals surface area contributed by atoms with Crippen molar-refractivity contribution in [2.24, 2.45) is 0 Å². The SMILES string of the molecule is C[C@@H](NC(=O)c1ccccc1)C(=O)OCC(=O)c1ccc(Br)cc1. The Labute approximate surface area is 148 Å². The van der Waals surface area contributed by atoms with Crippen LogP contribution in [0.1, 0.15) is 27.6 Å². The average molecular weight is 390 g/mol. The highest BCUT2D eigenvalue weighted by atomic mass is 79.9. The van der Waals surface area contributed by atoms with Crippen molar-refractivity contribution in [1.29, 1.82) is 0 Å². The van der Waals surface area contributed by atoms with Crippen LogP contribution in [0, 0.1) is 0 Å². The minimum absolute atomic E-state index is 0.308. The zero-order valence-corrected chi connectivity index (χ0v) is 14.6. The maximum atomic E-state index is 12.0. The van der Waals surface area contributed by atoms with Crippen LogP contribution in [-0.4, -0.2) is 30.3 Å². The monoisotopic (exact) mass is 389 g/mol. The number of carbonyl (C=O) groups is 3. The van der Waals surface area contributed by atoms with Gasteiger partial charge in [0.25, 0.3) is 5.91 Å². The molecule has 0 bridgehead atoms. The largest absolute Gasteiger partial charge is 0.456 e. The van der Waals surface area contributed by atoms with Gasteiger partial charge in [-0.25, -0.2) is 4.79 Å². The second kappa shape index (κ2) is 8.40. The summed E-state index contributed by atoms with van der Waals surface area (Å²) in [4.78, 5) is 35.8. The van der Waals surface area contributed by atoms with Crippen LogP contribution >= 0.6 is 15.9 Å². The number of halogens is 1. The average Bonchev–Trinajstić information content (AvgIpc) is 2.60. The number of hydrogen-bond donors (Lipinski definition) is 1. The van der Waals surface area contributed by atoms with E-state index in [0.29, 0.717) is 11.1 Å². The predicted molar refractivity (Wildman–Crippen MR) is 92.8 cm³/mol. The Balaban J connectivity index is 1.84. The van der Waals surface area contributed by atoms with Gasteiger partial charge in [0.1, 0.15) is 6.04 Å². The molecule has 0 radical (unpaired) electrons. The molecule has 0 heterocycles. The summed E-state index contributed by atoms with van der Waals surface area (Å²) in [5, 5.41) is 2.54. The third-order valence-electron chi connectivity index (χ3n) is 3.25. The first kappa shape index (κ1) is 17.9. The van der Waals surface area contributed by atoms with E-state index < -0.39 is 12.0 Å². The first-order valence-electron chi connectivity index (χ1n) is 7.28. The summed E-state index contributed by atoms with van der Waals surface area (Å²) in [6, 6.07) is 14.4. The number of Topliss-reactive ketones (excluding diaryl/α,β-unsaturated/α-hetero) is 1. The van der Waals surface area contributed by atoms with Gasteiger partial charge in [0.2, 0.25) is 0 Å². The fraction of sp³-hybridized carbons (Fsp3) is 0.167. The molecule has 1 atom stereocenters. The number of esters is 1. The number of nitrogens with one attached hydrogen (secondary N) is 1. The summed E-state index contributed by atoms with van der Waals surface area (Å²) < 4.78 is 5.83. The van der Waals surface area contributed by atoms with E-state index in [4.69, 9.17) is 4.74 Å². The molecule has 0 aliphatic heterocycles. The molecule has 5 nitrogen and oxygen atoms in total. The lowest BCUT2D eigenvalue weighted by atomic mass is 10.1. The number of carbonyl (C=O) groups excluding carboxylic acids is 3. The van der Waals surface area contributed by atoms with Gasteiger partial charge in [0.05, 0.1) is 0 Å². The maximum Gasteiger partial charge on any atom is 0.328 e. The molecule has 124 valence electrons. The topological polar surface area (TPSA) is 72.5 Å². The smallest absolute Gasteiger partial charge is 0.328 e. The van der Waals surface area contributed by atoms with Gasteiger partial charge >= 0.3 is 5.97 Å². The van der Waals surface area contributed by atoms with Crippen molar-refractivity contribution in [2.75, 3.05) is 6.61 Å². The van der Waals surface area contributed by atoms with Crippen LogP contribution < -0.4 is 5.32 Å². The van der Waals surface area contributed by atoms with Gasteiger partial charge < -0.3 is 10.1 Å². The molecule has 0 saturated carbocycles. The van der Waals surface area contributed by atoms with Crippen LogP contribution in [0.2, 0.25) is 0 Å². The summed E-state index contributed by atoms with van der Waals surface area (Å²) in [7, 11) is 0. The number of benzene rings is 2. The van der Waals surface area contributed by atoms with Gasteiger partial charge in [-0.15, -0.1) is 0 Å². The summed E-state index contributed by atoms with van der Waals surface area (Å²) in [6.45, 7) is 1.14. The Hall–Kier alpha value is -2.47. The number of amides is 1. The Kier molecular flexibility index (Phi) is 6.26. The zero-order valence-electron chi connectivity index (χ0n) is 13.0. The van der Waals surface area contributed by atoms with E-state index in [9.17, 15) is 14.4 Å². The number of ketones is 1. The molecule has 0 unspecified atom stereocenters. The zero-order chi connectivity index (χ0) is 17.5. The van der Waals surface area contributed by atoms with Crippen LogP contribution in [0.5, 0.6) is 0 Å². The third kappa shape index (κ3) is 5.03. The highest BCUT2D eigenvalue weighted by Gasteiger charge is 2.19. The van der Waals surface area contributed by atoms with Crippen LogP contribution in [0.3, 0.4) is 0 Å². The lowest BCUT2D eigenvalue weighted by Gasteiger charge is -2.13. The van der Waals surface area contributed by atoms with Crippen LogP contribution in [0.15, 0.2) is 59.1 Å². The van der Waals surface area contributed by atoms with Gasteiger partial charge in [-0.2, -0.15) is 0 Å². The normalized spacial score (nSPS) is 11.4. The molecular weight excluding hydrogens is 374 g/mol. The molecule has 0 aliphatic carbocycles. The van der Waals surface area contributed by atoms with Crippen molar-refractivity contribution in [2.45, 2.75) is 13.0 Å². The van der Waals surface area contributed by atoms with Crippen LogP contribution in [0.4, 0.5) is 0 Å². The lowest BCUT2D eigenvalue weighted by Crippen LogP contribution is -2.40. The minimum atomic E-state index is -0.851. The Bertz CT molecular complexity index is 728. The summed E-state index contributed by atoms with van der Waals surface area (Å²) >= 11 is 3.28. The third-order valence-corrected chi connectivity index (χ3v) is 3.78. The van der Waals surface area contributed by atoms with E-state index in [1.165, 1.54) is 6.92 Å². The highest BCUT2D eigenvalue weighted by Crippen LogP contribution is 2.11. The van der Waals surface area contributed by atoms with E-state index in [1.54, 1.807) is 54.6 Å². The lowest BCUT2D eigenvalue weighted by molar-refractivity contribution is -0.144. The standard InChI is InChI=1S/C18H16BrNO4/c1-12(20-17(22)14-5-3-2-4-6-14)18(23)24-11-16(21)13-7-9-15(19)10-8-13/h2-10,12H,11H2,1H3,(H,20,22)/t12-/m1/s1. The predicted octanol–water partition coefficient (Wildman–Crippen LogP) is 2.99. The molecule has 0 aromatic heterocycles. The molecule has 0 saturated heterocycles. The van der Waals surface area contributed by atoms with Crippen molar-refractivity contribution < 1.29 is 19.1 Å². The van der Waals surface area contributed by atoms with Gasteiger partial charge in [-0.1, -0.05) is 46.3 Å². The fourth-order valence-electron chi connectivity index (χ4n) is 1.91. The molecular formula is C18H16BrNO4.